The zero-order valence-electron chi connectivity index (χ0n) is 12.2. The highest BCUT2D eigenvalue weighted by atomic mass is 16.5. The molecule has 0 atom stereocenters. The number of pyridine rings is 1. The second kappa shape index (κ2) is 5.09. The summed E-state index contributed by atoms with van der Waals surface area (Å²) in [6.07, 6.45) is 8.56. The van der Waals surface area contributed by atoms with Crippen LogP contribution in [0.5, 0.6) is 5.88 Å². The number of hydrogen-bond donors (Lipinski definition) is 1. The molecular weight excluding hydrogens is 296 g/mol. The molecule has 0 aromatic carbocycles. The fraction of sp³-hybridized carbons (Fsp3) is 0.0667. The largest absolute Gasteiger partial charge is 0.481 e. The molecule has 1 N–H and O–H groups in total. The fourth-order valence-corrected chi connectivity index (χ4v) is 2.33. The Kier molecular flexibility index (Phi) is 2.94. The lowest BCUT2D eigenvalue weighted by molar-refractivity contribution is 0.398. The van der Waals surface area contributed by atoms with E-state index in [0.29, 0.717) is 17.2 Å². The Balaban J connectivity index is 1.76. The topological polar surface area (TPSA) is 90.1 Å². The number of nitrogens with zero attached hydrogens (tertiary/aromatic N) is 5. The lowest BCUT2D eigenvalue weighted by Crippen LogP contribution is -2.07. The number of nitrogens with one attached hydrogen (secondary N) is 1. The zero-order valence-corrected chi connectivity index (χ0v) is 12.2. The minimum atomic E-state index is -0.189. The number of hydrogen-bond acceptors (Lipinski definition) is 5. The SMILES string of the molecule is COc1ccc(-c2cnn(-c3cnn4ccc(=O)[nH]c34)c2)cn1. The number of aromatic amines is 1. The predicted molar refractivity (Wildman–Crippen MR) is 82.7 cm³/mol. The molecule has 0 radical (unpaired) electrons. The standard InChI is InChI=1S/C15H12N6O2/c1-23-14-3-2-10(6-16-14)11-7-17-21(9-11)12-8-18-20-5-4-13(22)19-15(12)20/h2-9H,1H3,(H,19,22). The molecule has 0 saturated heterocycles. The molecule has 0 fully saturated rings. The first-order valence-electron chi connectivity index (χ1n) is 6.87. The van der Waals surface area contributed by atoms with Crippen LogP contribution < -0.4 is 10.3 Å². The Hall–Kier alpha value is -3.42. The third kappa shape index (κ3) is 2.26. The first-order valence-corrected chi connectivity index (χ1v) is 6.87. The zero-order chi connectivity index (χ0) is 15.8. The molecule has 4 aromatic rings. The maximum atomic E-state index is 11.5. The van der Waals surface area contributed by atoms with Crippen molar-refractivity contribution in [3.8, 4) is 22.7 Å². The average Bonchev–Trinajstić information content (AvgIpc) is 3.21. The van der Waals surface area contributed by atoms with Gasteiger partial charge in [0.2, 0.25) is 5.88 Å². The van der Waals surface area contributed by atoms with Gasteiger partial charge in [0, 0.05) is 41.9 Å². The summed E-state index contributed by atoms with van der Waals surface area (Å²) in [6.45, 7) is 0. The predicted octanol–water partition coefficient (Wildman–Crippen LogP) is 1.28. The van der Waals surface area contributed by atoms with Gasteiger partial charge in [-0.3, -0.25) is 4.79 Å². The van der Waals surface area contributed by atoms with E-state index in [1.807, 2.05) is 12.3 Å². The van der Waals surface area contributed by atoms with Crippen molar-refractivity contribution in [1.29, 1.82) is 0 Å². The Morgan fingerprint density at radius 1 is 1.09 bits per heavy atom. The summed E-state index contributed by atoms with van der Waals surface area (Å²) in [5.74, 6) is 0.557. The van der Waals surface area contributed by atoms with E-state index in [2.05, 4.69) is 20.2 Å². The molecule has 23 heavy (non-hydrogen) atoms. The van der Waals surface area contributed by atoms with Crippen LogP contribution in [0.4, 0.5) is 0 Å². The van der Waals surface area contributed by atoms with Crippen molar-refractivity contribution in [3.05, 3.63) is 59.5 Å². The number of fused-ring (bicyclic) bond motifs is 1. The number of rotatable bonds is 3. The summed E-state index contributed by atoms with van der Waals surface area (Å²) in [4.78, 5) is 18.4. The summed E-state index contributed by atoms with van der Waals surface area (Å²) in [7, 11) is 1.58. The molecule has 4 rings (SSSR count). The van der Waals surface area contributed by atoms with Crippen molar-refractivity contribution in [1.82, 2.24) is 29.4 Å². The van der Waals surface area contributed by atoms with Crippen LogP contribution in [-0.2, 0) is 0 Å². The van der Waals surface area contributed by atoms with Crippen molar-refractivity contribution in [2.75, 3.05) is 7.11 Å². The van der Waals surface area contributed by atoms with Gasteiger partial charge in [-0.15, -0.1) is 0 Å². The highest BCUT2D eigenvalue weighted by Crippen LogP contribution is 2.21. The van der Waals surface area contributed by atoms with Gasteiger partial charge < -0.3 is 9.72 Å². The number of ether oxygens (including phenoxy) is 1. The van der Waals surface area contributed by atoms with Gasteiger partial charge in [-0.2, -0.15) is 10.2 Å². The van der Waals surface area contributed by atoms with Crippen LogP contribution in [0.25, 0.3) is 22.5 Å². The van der Waals surface area contributed by atoms with Crippen molar-refractivity contribution in [2.45, 2.75) is 0 Å². The molecule has 8 heteroatoms. The number of H-pyrrole nitrogens is 1. The second-order valence-corrected chi connectivity index (χ2v) is 4.89. The molecule has 4 aromatic heterocycles. The van der Waals surface area contributed by atoms with Crippen LogP contribution in [0.3, 0.4) is 0 Å². The highest BCUT2D eigenvalue weighted by molar-refractivity contribution is 5.63. The van der Waals surface area contributed by atoms with Gasteiger partial charge in [-0.05, 0) is 6.07 Å². The van der Waals surface area contributed by atoms with Crippen LogP contribution in [-0.4, -0.2) is 36.5 Å². The van der Waals surface area contributed by atoms with Crippen LogP contribution in [0.15, 0.2) is 54.0 Å². The average molecular weight is 308 g/mol. The molecule has 0 bridgehead atoms. The first-order chi connectivity index (χ1) is 11.2. The van der Waals surface area contributed by atoms with Crippen LogP contribution in [0.1, 0.15) is 0 Å². The van der Waals surface area contributed by atoms with Crippen molar-refractivity contribution in [2.24, 2.45) is 0 Å². The van der Waals surface area contributed by atoms with E-state index in [0.717, 1.165) is 11.1 Å². The molecule has 0 aliphatic heterocycles. The molecule has 0 aliphatic rings. The minimum absolute atomic E-state index is 0.189. The summed E-state index contributed by atoms with van der Waals surface area (Å²) >= 11 is 0. The Morgan fingerprint density at radius 2 is 2.00 bits per heavy atom. The Morgan fingerprint density at radius 3 is 2.78 bits per heavy atom. The van der Waals surface area contributed by atoms with Crippen molar-refractivity contribution >= 4 is 5.65 Å². The lowest BCUT2D eigenvalue weighted by atomic mass is 10.2. The molecular formula is C15H12N6O2. The normalized spacial score (nSPS) is 11.0. The van der Waals surface area contributed by atoms with E-state index < -0.39 is 0 Å². The monoisotopic (exact) mass is 308 g/mol. The van der Waals surface area contributed by atoms with Gasteiger partial charge in [0.15, 0.2) is 5.65 Å². The highest BCUT2D eigenvalue weighted by Gasteiger charge is 2.10. The van der Waals surface area contributed by atoms with E-state index in [1.165, 1.54) is 6.07 Å². The van der Waals surface area contributed by atoms with Gasteiger partial charge in [0.05, 0.1) is 19.5 Å². The van der Waals surface area contributed by atoms with Crippen LogP contribution >= 0.6 is 0 Å². The van der Waals surface area contributed by atoms with E-state index in [1.54, 1.807) is 47.2 Å². The smallest absolute Gasteiger partial charge is 0.251 e. The summed E-state index contributed by atoms with van der Waals surface area (Å²) in [6, 6.07) is 5.12. The maximum absolute atomic E-state index is 11.5. The third-order valence-corrected chi connectivity index (χ3v) is 3.49. The third-order valence-electron chi connectivity index (χ3n) is 3.49. The van der Waals surface area contributed by atoms with E-state index in [9.17, 15) is 4.79 Å². The molecule has 114 valence electrons. The van der Waals surface area contributed by atoms with Crippen LogP contribution in [0, 0.1) is 0 Å². The minimum Gasteiger partial charge on any atom is -0.481 e. The molecule has 0 unspecified atom stereocenters. The van der Waals surface area contributed by atoms with Gasteiger partial charge in [-0.25, -0.2) is 14.2 Å². The molecule has 0 spiro atoms. The fourth-order valence-electron chi connectivity index (χ4n) is 2.33. The van der Waals surface area contributed by atoms with Crippen LogP contribution in [0.2, 0.25) is 0 Å². The maximum Gasteiger partial charge on any atom is 0.251 e. The van der Waals surface area contributed by atoms with E-state index >= 15 is 0 Å². The van der Waals surface area contributed by atoms with Gasteiger partial charge in [0.25, 0.3) is 5.56 Å². The number of methoxy groups -OCH3 is 1. The van der Waals surface area contributed by atoms with Gasteiger partial charge in [-0.1, -0.05) is 0 Å². The van der Waals surface area contributed by atoms with Crippen molar-refractivity contribution in [3.63, 3.8) is 0 Å². The van der Waals surface area contributed by atoms with E-state index in [4.69, 9.17) is 4.74 Å². The van der Waals surface area contributed by atoms with Gasteiger partial charge >= 0.3 is 0 Å². The quantitative estimate of drug-likeness (QED) is 0.615. The molecule has 0 aliphatic carbocycles. The summed E-state index contributed by atoms with van der Waals surface area (Å²) < 4.78 is 8.31. The van der Waals surface area contributed by atoms with E-state index in [-0.39, 0.29) is 5.56 Å². The summed E-state index contributed by atoms with van der Waals surface area (Å²) in [5, 5.41) is 8.54. The second-order valence-electron chi connectivity index (χ2n) is 4.89. The van der Waals surface area contributed by atoms with Gasteiger partial charge in [0.1, 0.15) is 5.69 Å². The first kappa shape index (κ1) is 13.3. The molecule has 0 saturated carbocycles. The Bertz CT molecular complexity index is 1030. The molecule has 0 amide bonds. The number of aromatic nitrogens is 6. The summed E-state index contributed by atoms with van der Waals surface area (Å²) in [5.41, 5.74) is 2.90. The van der Waals surface area contributed by atoms with Crippen molar-refractivity contribution < 1.29 is 4.74 Å². The molecule has 8 nitrogen and oxygen atoms in total. The lowest BCUT2D eigenvalue weighted by Gasteiger charge is -2.00. The Labute approximate surface area is 130 Å². The molecule has 4 heterocycles.